The Morgan fingerprint density at radius 2 is 1.81 bits per heavy atom. The van der Waals surface area contributed by atoms with Crippen LogP contribution in [0.1, 0.15) is 12.5 Å². The zero-order valence-electron chi connectivity index (χ0n) is 18.4. The van der Waals surface area contributed by atoms with Crippen molar-refractivity contribution in [3.8, 4) is 6.07 Å². The molecule has 5 rings (SSSR count). The Morgan fingerprint density at radius 3 is 2.59 bits per heavy atom. The van der Waals surface area contributed by atoms with Crippen LogP contribution in [-0.2, 0) is 4.74 Å². The number of piperazine rings is 1. The monoisotopic (exact) mass is 428 g/mol. The van der Waals surface area contributed by atoms with E-state index in [2.05, 4.69) is 61.9 Å². The fourth-order valence-electron chi connectivity index (χ4n) is 4.90. The number of morpholine rings is 1. The Labute approximate surface area is 188 Å². The summed E-state index contributed by atoms with van der Waals surface area (Å²) in [4.78, 5) is 15.9. The summed E-state index contributed by atoms with van der Waals surface area (Å²) in [5.74, 6) is 0. The van der Waals surface area contributed by atoms with E-state index in [1.165, 1.54) is 5.69 Å². The van der Waals surface area contributed by atoms with Crippen molar-refractivity contribution in [1.29, 1.82) is 5.26 Å². The molecule has 0 amide bonds. The molecule has 1 aromatic carbocycles. The van der Waals surface area contributed by atoms with Gasteiger partial charge in [-0.25, -0.2) is 0 Å². The second-order valence-corrected chi connectivity index (χ2v) is 8.61. The topological polar surface area (TPSA) is 68.5 Å². The van der Waals surface area contributed by atoms with Gasteiger partial charge >= 0.3 is 0 Å². The number of nitriles is 1. The predicted molar refractivity (Wildman–Crippen MR) is 126 cm³/mol. The van der Waals surface area contributed by atoms with Crippen molar-refractivity contribution in [3.05, 3.63) is 60.6 Å². The number of hydrogen-bond acceptors (Lipinski definition) is 7. The van der Waals surface area contributed by atoms with Gasteiger partial charge in [0.25, 0.3) is 0 Å². The number of pyridine rings is 2. The van der Waals surface area contributed by atoms with Gasteiger partial charge < -0.3 is 14.5 Å². The summed E-state index contributed by atoms with van der Waals surface area (Å²) in [7, 11) is 0. The molecule has 0 N–H and O–H groups in total. The predicted octanol–water partition coefficient (Wildman–Crippen LogP) is 2.92. The van der Waals surface area contributed by atoms with Crippen LogP contribution in [-0.4, -0.2) is 72.9 Å². The maximum absolute atomic E-state index is 9.46. The fourth-order valence-corrected chi connectivity index (χ4v) is 4.90. The van der Waals surface area contributed by atoms with Crippen LogP contribution < -0.4 is 9.80 Å². The normalized spacial score (nSPS) is 22.1. The van der Waals surface area contributed by atoms with E-state index in [0.717, 1.165) is 62.4 Å². The molecular formula is C25H28N6O. The van der Waals surface area contributed by atoms with Crippen molar-refractivity contribution in [2.75, 3.05) is 55.6 Å². The minimum Gasteiger partial charge on any atom is -0.370 e. The van der Waals surface area contributed by atoms with Crippen molar-refractivity contribution in [2.24, 2.45) is 0 Å². The van der Waals surface area contributed by atoms with Crippen LogP contribution in [0.2, 0.25) is 0 Å². The van der Waals surface area contributed by atoms with E-state index in [4.69, 9.17) is 4.74 Å². The van der Waals surface area contributed by atoms with E-state index in [-0.39, 0.29) is 12.2 Å². The van der Waals surface area contributed by atoms with E-state index in [1.807, 2.05) is 24.5 Å². The van der Waals surface area contributed by atoms with Crippen molar-refractivity contribution >= 4 is 22.3 Å². The molecule has 2 fully saturated rings. The number of anilines is 2. The zero-order chi connectivity index (χ0) is 21.9. The Bertz CT molecular complexity index is 1110. The standard InChI is InChI=1S/C25H28N6O/c1-19-16-31(24-5-4-20(15-26)25-23(24)3-2-8-28-25)18-22(32-19)17-29-11-13-30(14-12-29)21-6-9-27-10-7-21/h2-10,19,22H,11-14,16-18H2,1H3/t19-,22+/m1/s1. The molecule has 4 heterocycles. The molecule has 0 unspecified atom stereocenters. The van der Waals surface area contributed by atoms with Gasteiger partial charge in [0.05, 0.1) is 23.3 Å². The van der Waals surface area contributed by atoms with Crippen molar-refractivity contribution < 1.29 is 4.74 Å². The molecule has 32 heavy (non-hydrogen) atoms. The molecule has 2 aliphatic heterocycles. The highest BCUT2D eigenvalue weighted by Gasteiger charge is 2.29. The number of benzene rings is 1. The van der Waals surface area contributed by atoms with Crippen LogP contribution in [0.3, 0.4) is 0 Å². The molecule has 2 atom stereocenters. The van der Waals surface area contributed by atoms with Gasteiger partial charge in [0.2, 0.25) is 0 Å². The Kier molecular flexibility index (Phi) is 5.89. The largest absolute Gasteiger partial charge is 0.370 e. The van der Waals surface area contributed by atoms with Crippen molar-refractivity contribution in [3.63, 3.8) is 0 Å². The highest BCUT2D eigenvalue weighted by Crippen LogP contribution is 2.30. The van der Waals surface area contributed by atoms with Gasteiger partial charge in [-0.3, -0.25) is 14.9 Å². The first kappa shape index (κ1) is 20.7. The average molecular weight is 429 g/mol. The number of nitrogens with zero attached hydrogens (tertiary/aromatic N) is 6. The first-order valence-electron chi connectivity index (χ1n) is 11.3. The SMILES string of the molecule is C[C@@H]1CN(c2ccc(C#N)c3ncccc23)C[C@H](CN2CCN(c3ccncc3)CC2)O1. The number of hydrogen-bond donors (Lipinski definition) is 0. The molecule has 2 aromatic heterocycles. The summed E-state index contributed by atoms with van der Waals surface area (Å²) < 4.78 is 6.34. The minimum absolute atomic E-state index is 0.147. The Morgan fingerprint density at radius 1 is 1.00 bits per heavy atom. The first-order valence-corrected chi connectivity index (χ1v) is 11.3. The summed E-state index contributed by atoms with van der Waals surface area (Å²) in [6.45, 7) is 8.83. The van der Waals surface area contributed by atoms with Crippen LogP contribution in [0.25, 0.3) is 10.9 Å². The first-order chi connectivity index (χ1) is 15.7. The van der Waals surface area contributed by atoms with Gasteiger partial charge in [-0.15, -0.1) is 0 Å². The van der Waals surface area contributed by atoms with E-state index < -0.39 is 0 Å². The van der Waals surface area contributed by atoms with Gasteiger partial charge in [0, 0.05) is 81.2 Å². The Hall–Kier alpha value is -3.21. The van der Waals surface area contributed by atoms with Gasteiger partial charge in [0.15, 0.2) is 0 Å². The van der Waals surface area contributed by atoms with Gasteiger partial charge in [0.1, 0.15) is 6.07 Å². The highest BCUT2D eigenvalue weighted by molar-refractivity contribution is 5.95. The maximum Gasteiger partial charge on any atom is 0.101 e. The Balaban J connectivity index is 1.27. The van der Waals surface area contributed by atoms with Crippen molar-refractivity contribution in [1.82, 2.24) is 14.9 Å². The fraction of sp³-hybridized carbons (Fsp3) is 0.400. The van der Waals surface area contributed by atoms with E-state index in [1.54, 1.807) is 6.20 Å². The second kappa shape index (κ2) is 9.11. The zero-order valence-corrected chi connectivity index (χ0v) is 18.4. The molecular weight excluding hydrogens is 400 g/mol. The summed E-state index contributed by atoms with van der Waals surface area (Å²) in [6.07, 6.45) is 5.76. The highest BCUT2D eigenvalue weighted by atomic mass is 16.5. The molecule has 0 bridgehead atoms. The average Bonchev–Trinajstić information content (AvgIpc) is 2.84. The number of aromatic nitrogens is 2. The molecule has 0 spiro atoms. The molecule has 7 nitrogen and oxygen atoms in total. The van der Waals surface area contributed by atoms with Crippen LogP contribution in [0.15, 0.2) is 55.0 Å². The molecule has 2 aliphatic rings. The number of fused-ring (bicyclic) bond motifs is 1. The van der Waals surface area contributed by atoms with E-state index in [9.17, 15) is 5.26 Å². The molecule has 0 aliphatic carbocycles. The van der Waals surface area contributed by atoms with Crippen LogP contribution in [0.5, 0.6) is 0 Å². The van der Waals surface area contributed by atoms with Crippen molar-refractivity contribution in [2.45, 2.75) is 19.1 Å². The lowest BCUT2D eigenvalue weighted by Gasteiger charge is -2.42. The minimum atomic E-state index is 0.147. The lowest BCUT2D eigenvalue weighted by atomic mass is 10.1. The van der Waals surface area contributed by atoms with Crippen LogP contribution >= 0.6 is 0 Å². The van der Waals surface area contributed by atoms with Gasteiger partial charge in [-0.1, -0.05) is 0 Å². The number of rotatable bonds is 4. The third kappa shape index (κ3) is 4.24. The summed E-state index contributed by atoms with van der Waals surface area (Å²) in [5, 5.41) is 10.5. The summed E-state index contributed by atoms with van der Waals surface area (Å²) in [6, 6.07) is 14.4. The smallest absolute Gasteiger partial charge is 0.101 e. The number of ether oxygens (including phenoxy) is 1. The third-order valence-electron chi connectivity index (χ3n) is 6.40. The lowest BCUT2D eigenvalue weighted by molar-refractivity contribution is -0.0327. The van der Waals surface area contributed by atoms with Crippen LogP contribution in [0.4, 0.5) is 11.4 Å². The molecule has 0 saturated carbocycles. The molecule has 2 saturated heterocycles. The van der Waals surface area contributed by atoms with E-state index in [0.29, 0.717) is 5.56 Å². The summed E-state index contributed by atoms with van der Waals surface area (Å²) in [5.41, 5.74) is 3.77. The van der Waals surface area contributed by atoms with E-state index >= 15 is 0 Å². The van der Waals surface area contributed by atoms with Gasteiger partial charge in [-0.05, 0) is 43.3 Å². The lowest BCUT2D eigenvalue weighted by Crippen LogP contribution is -2.54. The molecule has 164 valence electrons. The molecule has 3 aromatic rings. The second-order valence-electron chi connectivity index (χ2n) is 8.61. The quantitative estimate of drug-likeness (QED) is 0.633. The summed E-state index contributed by atoms with van der Waals surface area (Å²) >= 11 is 0. The third-order valence-corrected chi connectivity index (χ3v) is 6.40. The maximum atomic E-state index is 9.46. The van der Waals surface area contributed by atoms with Crippen LogP contribution in [0, 0.1) is 11.3 Å². The van der Waals surface area contributed by atoms with Gasteiger partial charge in [-0.2, -0.15) is 5.26 Å². The molecule has 7 heteroatoms. The molecule has 0 radical (unpaired) electrons.